The number of benzene rings is 1. The lowest BCUT2D eigenvalue weighted by molar-refractivity contribution is -0.114. The quantitative estimate of drug-likeness (QED) is 0.527. The zero-order valence-corrected chi connectivity index (χ0v) is 18.3. The summed E-state index contributed by atoms with van der Waals surface area (Å²) < 4.78 is 54.2. The van der Waals surface area contributed by atoms with E-state index in [0.717, 1.165) is 11.3 Å². The minimum absolute atomic E-state index is 0.0462. The van der Waals surface area contributed by atoms with Crippen molar-refractivity contribution in [3.05, 3.63) is 71.9 Å². The summed E-state index contributed by atoms with van der Waals surface area (Å²) in [6.45, 7) is 0.987. The number of nitrogens with one attached hydrogen (secondary N) is 2. The Balaban J connectivity index is 1.86. The number of carbonyl (C=O) groups excluding carboxylic acids is 1. The van der Waals surface area contributed by atoms with Gasteiger partial charge in [-0.15, -0.1) is 11.3 Å². The van der Waals surface area contributed by atoms with Crippen LogP contribution in [-0.4, -0.2) is 34.3 Å². The van der Waals surface area contributed by atoms with Crippen LogP contribution in [0.4, 0.5) is 5.69 Å². The first-order chi connectivity index (χ1) is 14.2. The molecule has 3 aromatic rings. The van der Waals surface area contributed by atoms with Crippen LogP contribution in [0.5, 0.6) is 0 Å². The lowest BCUT2D eigenvalue weighted by atomic mass is 10.2. The molecule has 0 bridgehead atoms. The van der Waals surface area contributed by atoms with Gasteiger partial charge in [0.05, 0.1) is 4.90 Å². The van der Waals surface area contributed by atoms with Crippen LogP contribution < -0.4 is 10.0 Å². The van der Waals surface area contributed by atoms with Gasteiger partial charge in [-0.25, -0.2) is 21.6 Å². The number of amides is 1. The van der Waals surface area contributed by atoms with Crippen LogP contribution >= 0.6 is 11.3 Å². The van der Waals surface area contributed by atoms with Crippen molar-refractivity contribution in [3.8, 4) is 0 Å². The van der Waals surface area contributed by atoms with E-state index in [1.807, 2.05) is 0 Å². The number of thiophene rings is 1. The molecule has 30 heavy (non-hydrogen) atoms. The van der Waals surface area contributed by atoms with E-state index in [9.17, 15) is 21.6 Å². The first kappa shape index (κ1) is 22.1. The lowest BCUT2D eigenvalue weighted by Crippen LogP contribution is -2.32. The van der Waals surface area contributed by atoms with Crippen molar-refractivity contribution in [1.82, 2.24) is 9.71 Å². The fraction of sp³-hybridized carbons (Fsp3) is 0.158. The van der Waals surface area contributed by atoms with E-state index in [-0.39, 0.29) is 21.6 Å². The number of hydrogen-bond acceptors (Lipinski definition) is 7. The van der Waals surface area contributed by atoms with Crippen LogP contribution in [0.15, 0.2) is 75.4 Å². The fourth-order valence-electron chi connectivity index (χ4n) is 2.73. The summed E-state index contributed by atoms with van der Waals surface area (Å²) in [5, 5.41) is 3.06. The van der Waals surface area contributed by atoms with Crippen LogP contribution in [0.2, 0.25) is 0 Å². The normalized spacial score (nSPS) is 13.0. The molecule has 1 unspecified atom stereocenters. The Morgan fingerprint density at radius 3 is 2.37 bits per heavy atom. The number of hydrogen-bond donors (Lipinski definition) is 2. The number of sulfonamides is 1. The van der Waals surface area contributed by atoms with Gasteiger partial charge >= 0.3 is 0 Å². The van der Waals surface area contributed by atoms with Gasteiger partial charge in [0.2, 0.25) is 15.9 Å². The van der Waals surface area contributed by atoms with Crippen molar-refractivity contribution >= 4 is 42.8 Å². The minimum Gasteiger partial charge on any atom is -0.326 e. The van der Waals surface area contributed by atoms with Crippen LogP contribution in [-0.2, 0) is 24.7 Å². The molecule has 0 aliphatic rings. The molecule has 0 saturated carbocycles. The van der Waals surface area contributed by atoms with Gasteiger partial charge in [-0.1, -0.05) is 12.1 Å². The summed E-state index contributed by atoms with van der Waals surface area (Å²) in [5.41, 5.74) is 0.838. The average Bonchev–Trinajstić information content (AvgIpc) is 3.24. The van der Waals surface area contributed by atoms with E-state index in [1.54, 1.807) is 23.6 Å². The van der Waals surface area contributed by atoms with E-state index >= 15 is 0 Å². The standard InChI is InChI=1S/C19H19N3O5S3/c1-14(23)22-16-6-8-17(9-7-16)30(26,27)21-13-18(15-4-2-10-20-12-15)29(24,25)19-5-3-11-28-19/h2-12,18,21H,13H2,1H3,(H,22,23). The van der Waals surface area contributed by atoms with Gasteiger partial charge in [-0.2, -0.15) is 0 Å². The Bertz CT molecular complexity index is 1210. The van der Waals surface area contributed by atoms with Gasteiger partial charge in [-0.3, -0.25) is 9.78 Å². The third-order valence-electron chi connectivity index (χ3n) is 4.15. The van der Waals surface area contributed by atoms with Gasteiger partial charge in [0.15, 0.2) is 9.84 Å². The van der Waals surface area contributed by atoms with E-state index in [2.05, 4.69) is 15.0 Å². The van der Waals surface area contributed by atoms with Crippen molar-refractivity contribution in [2.75, 3.05) is 11.9 Å². The third kappa shape index (κ3) is 5.11. The Hall–Kier alpha value is -2.60. The predicted molar refractivity (Wildman–Crippen MR) is 114 cm³/mol. The molecule has 11 heteroatoms. The second-order valence-electron chi connectivity index (χ2n) is 6.31. The molecule has 0 saturated heterocycles. The molecule has 0 aliphatic heterocycles. The molecular weight excluding hydrogens is 446 g/mol. The summed E-state index contributed by atoms with van der Waals surface area (Å²) in [5.74, 6) is -0.276. The van der Waals surface area contributed by atoms with Gasteiger partial charge in [0.25, 0.3) is 0 Å². The molecule has 0 aliphatic carbocycles. The topological polar surface area (TPSA) is 122 Å². The number of pyridine rings is 1. The second kappa shape index (κ2) is 9.04. The Morgan fingerprint density at radius 2 is 1.80 bits per heavy atom. The first-order valence-electron chi connectivity index (χ1n) is 8.75. The van der Waals surface area contributed by atoms with Gasteiger partial charge in [-0.05, 0) is 47.3 Å². The highest BCUT2D eigenvalue weighted by atomic mass is 32.2. The highest BCUT2D eigenvalue weighted by Gasteiger charge is 2.31. The summed E-state index contributed by atoms with van der Waals surface area (Å²) in [6, 6.07) is 11.9. The predicted octanol–water partition coefficient (Wildman–Crippen LogP) is 2.60. The molecule has 3 rings (SSSR count). The fourth-order valence-corrected chi connectivity index (χ4v) is 6.73. The molecule has 2 heterocycles. The van der Waals surface area contributed by atoms with Crippen LogP contribution in [0, 0.1) is 0 Å². The Labute approximate surface area is 179 Å². The largest absolute Gasteiger partial charge is 0.326 e. The van der Waals surface area contributed by atoms with Crippen LogP contribution in [0.3, 0.4) is 0 Å². The van der Waals surface area contributed by atoms with Crippen LogP contribution in [0.25, 0.3) is 0 Å². The molecule has 8 nitrogen and oxygen atoms in total. The number of rotatable bonds is 8. The molecular formula is C19H19N3O5S3. The maximum Gasteiger partial charge on any atom is 0.240 e. The summed E-state index contributed by atoms with van der Waals surface area (Å²) in [4.78, 5) is 15.0. The second-order valence-corrected chi connectivity index (χ2v) is 11.4. The minimum atomic E-state index is -3.98. The van der Waals surface area contributed by atoms with E-state index < -0.39 is 25.1 Å². The maximum absolute atomic E-state index is 13.1. The lowest BCUT2D eigenvalue weighted by Gasteiger charge is -2.18. The molecule has 1 amide bonds. The zero-order chi connectivity index (χ0) is 21.8. The number of anilines is 1. The zero-order valence-electron chi connectivity index (χ0n) is 15.8. The Morgan fingerprint density at radius 1 is 1.07 bits per heavy atom. The average molecular weight is 466 g/mol. The number of carbonyl (C=O) groups is 1. The molecule has 2 aromatic heterocycles. The van der Waals surface area contributed by atoms with Crippen LogP contribution in [0.1, 0.15) is 17.7 Å². The molecule has 0 spiro atoms. The van der Waals surface area contributed by atoms with Gasteiger partial charge in [0.1, 0.15) is 9.46 Å². The summed E-state index contributed by atoms with van der Waals surface area (Å²) in [6.07, 6.45) is 2.92. The highest BCUT2D eigenvalue weighted by Crippen LogP contribution is 2.31. The smallest absolute Gasteiger partial charge is 0.240 e. The summed E-state index contributed by atoms with van der Waals surface area (Å²) in [7, 11) is -7.81. The number of aromatic nitrogens is 1. The molecule has 0 fully saturated rings. The summed E-state index contributed by atoms with van der Waals surface area (Å²) >= 11 is 1.07. The molecule has 0 radical (unpaired) electrons. The molecule has 2 N–H and O–H groups in total. The van der Waals surface area contributed by atoms with Crippen molar-refractivity contribution in [2.45, 2.75) is 21.3 Å². The van der Waals surface area contributed by atoms with Gasteiger partial charge < -0.3 is 5.32 Å². The molecule has 158 valence electrons. The maximum atomic E-state index is 13.1. The SMILES string of the molecule is CC(=O)Nc1ccc(S(=O)(=O)NCC(c2cccnc2)S(=O)(=O)c2cccs2)cc1. The monoisotopic (exact) mass is 465 g/mol. The third-order valence-corrected chi connectivity index (χ3v) is 9.12. The van der Waals surface area contributed by atoms with E-state index in [1.165, 1.54) is 49.6 Å². The molecule has 1 atom stereocenters. The van der Waals surface area contributed by atoms with Crippen molar-refractivity contribution in [1.29, 1.82) is 0 Å². The van der Waals surface area contributed by atoms with E-state index in [0.29, 0.717) is 11.3 Å². The van der Waals surface area contributed by atoms with Crippen molar-refractivity contribution in [3.63, 3.8) is 0 Å². The van der Waals surface area contributed by atoms with E-state index in [4.69, 9.17) is 0 Å². The van der Waals surface area contributed by atoms with Crippen molar-refractivity contribution < 1.29 is 21.6 Å². The highest BCUT2D eigenvalue weighted by molar-refractivity contribution is 7.93. The van der Waals surface area contributed by atoms with Crippen molar-refractivity contribution in [2.24, 2.45) is 0 Å². The first-order valence-corrected chi connectivity index (χ1v) is 12.7. The Kier molecular flexibility index (Phi) is 6.66. The number of sulfone groups is 1. The molecule has 1 aromatic carbocycles. The number of nitrogens with zero attached hydrogens (tertiary/aromatic N) is 1. The van der Waals surface area contributed by atoms with Gasteiger partial charge in [0, 0.05) is 31.5 Å².